The zero-order chi connectivity index (χ0) is 20.5. The third-order valence-electron chi connectivity index (χ3n) is 4.91. The van der Waals surface area contributed by atoms with Crippen LogP contribution in [-0.2, 0) is 10.2 Å². The second-order valence-electron chi connectivity index (χ2n) is 7.83. The van der Waals surface area contributed by atoms with Crippen molar-refractivity contribution < 1.29 is 19.4 Å². The molecule has 2 atom stereocenters. The second-order valence-corrected chi connectivity index (χ2v) is 8.95. The van der Waals surface area contributed by atoms with Crippen molar-refractivity contribution in [3.8, 4) is 5.75 Å². The average molecular weight is 399 g/mol. The van der Waals surface area contributed by atoms with Crippen LogP contribution in [0.15, 0.2) is 48.5 Å². The van der Waals surface area contributed by atoms with Crippen LogP contribution in [0.3, 0.4) is 0 Å². The summed E-state index contributed by atoms with van der Waals surface area (Å²) in [6.07, 6.45) is 0. The molecule has 0 aliphatic carbocycles. The summed E-state index contributed by atoms with van der Waals surface area (Å²) < 4.78 is 5.13. The first-order chi connectivity index (χ1) is 13.2. The van der Waals surface area contributed by atoms with E-state index in [1.54, 1.807) is 31.4 Å². The van der Waals surface area contributed by atoms with Crippen molar-refractivity contribution in [1.82, 2.24) is 4.90 Å². The molecule has 0 bridgehead atoms. The van der Waals surface area contributed by atoms with Gasteiger partial charge in [-0.1, -0.05) is 45.0 Å². The summed E-state index contributed by atoms with van der Waals surface area (Å²) in [5, 5.41) is 11.3. The zero-order valence-electron chi connectivity index (χ0n) is 16.5. The van der Waals surface area contributed by atoms with Crippen LogP contribution in [-0.4, -0.2) is 35.7 Å². The van der Waals surface area contributed by atoms with E-state index in [4.69, 9.17) is 4.74 Å². The number of thioether (sulfide) groups is 1. The van der Waals surface area contributed by atoms with Gasteiger partial charge >= 0.3 is 0 Å². The van der Waals surface area contributed by atoms with Gasteiger partial charge in [0, 0.05) is 11.3 Å². The summed E-state index contributed by atoms with van der Waals surface area (Å²) in [5.41, 5.74) is 2.53. The summed E-state index contributed by atoms with van der Waals surface area (Å²) in [6, 6.07) is 13.7. The third-order valence-corrected chi connectivity index (χ3v) is 6.23. The van der Waals surface area contributed by atoms with Gasteiger partial charge in [0.25, 0.3) is 5.91 Å². The molecule has 148 valence electrons. The van der Waals surface area contributed by atoms with Crippen LogP contribution in [0.4, 0.5) is 0 Å². The topological polar surface area (TPSA) is 69.7 Å². The number of carbonyl (C=O) groups is 2. The first-order valence-electron chi connectivity index (χ1n) is 9.12. The molecule has 28 heavy (non-hydrogen) atoms. The maximum Gasteiger partial charge on any atom is 0.255 e. The molecule has 0 radical (unpaired) electrons. The van der Waals surface area contributed by atoms with Gasteiger partial charge in [-0.05, 0) is 40.8 Å². The first kappa shape index (κ1) is 20.3. The molecular weight excluding hydrogens is 374 g/mol. The number of methoxy groups -OCH3 is 1. The van der Waals surface area contributed by atoms with E-state index in [-0.39, 0.29) is 16.7 Å². The van der Waals surface area contributed by atoms with Gasteiger partial charge in [-0.25, -0.2) is 0 Å². The number of carboxylic acids is 1. The monoisotopic (exact) mass is 398 g/mol. The van der Waals surface area contributed by atoms with Gasteiger partial charge in [-0.15, -0.1) is 11.8 Å². The molecule has 0 spiro atoms. The molecule has 0 unspecified atom stereocenters. The molecule has 0 N–H and O–H groups in total. The second kappa shape index (κ2) is 7.87. The standard InChI is InChI=1S/C22H25NO4S/c1-22(2,3)16-9-5-15(6-10-16)20-23(18(13-28-20)21(25)26)19(24)14-7-11-17(27-4)12-8-14/h5-12,18,20H,13H2,1-4H3,(H,25,26)/p-1/t18-,20+/m1/s1. The predicted molar refractivity (Wildman–Crippen MR) is 108 cm³/mol. The quantitative estimate of drug-likeness (QED) is 0.792. The third kappa shape index (κ3) is 4.02. The lowest BCUT2D eigenvalue weighted by molar-refractivity contribution is -0.310. The molecular formula is C22H24NO4S-. The number of nitrogens with zero attached hydrogens (tertiary/aromatic N) is 1. The van der Waals surface area contributed by atoms with Crippen molar-refractivity contribution in [2.45, 2.75) is 37.6 Å². The van der Waals surface area contributed by atoms with Crippen LogP contribution >= 0.6 is 11.8 Å². The van der Waals surface area contributed by atoms with Crippen molar-refractivity contribution >= 4 is 23.6 Å². The SMILES string of the molecule is COc1ccc(C(=O)N2[C@@H](C(=O)[O-])CS[C@H]2c2ccc(C(C)(C)C)cc2)cc1. The van der Waals surface area contributed by atoms with Gasteiger partial charge in [0.05, 0.1) is 19.1 Å². The molecule has 1 aliphatic rings. The molecule has 0 aromatic heterocycles. The van der Waals surface area contributed by atoms with Crippen LogP contribution in [0.1, 0.15) is 47.6 Å². The largest absolute Gasteiger partial charge is 0.548 e. The molecule has 1 saturated heterocycles. The van der Waals surface area contributed by atoms with E-state index in [1.165, 1.54) is 22.2 Å². The highest BCUT2D eigenvalue weighted by atomic mass is 32.2. The Morgan fingerprint density at radius 1 is 1.07 bits per heavy atom. The maximum absolute atomic E-state index is 13.2. The van der Waals surface area contributed by atoms with Gasteiger partial charge in [-0.3, -0.25) is 4.79 Å². The van der Waals surface area contributed by atoms with Crippen LogP contribution in [0.5, 0.6) is 5.75 Å². The fourth-order valence-corrected chi connectivity index (χ4v) is 4.64. The Hall–Kier alpha value is -2.47. The van der Waals surface area contributed by atoms with E-state index in [9.17, 15) is 14.7 Å². The van der Waals surface area contributed by atoms with Gasteiger partial charge in [-0.2, -0.15) is 0 Å². The lowest BCUT2D eigenvalue weighted by Crippen LogP contribution is -2.49. The number of ether oxygens (including phenoxy) is 1. The van der Waals surface area contributed by atoms with Crippen LogP contribution in [0.2, 0.25) is 0 Å². The molecule has 0 saturated carbocycles. The van der Waals surface area contributed by atoms with Crippen molar-refractivity contribution in [3.63, 3.8) is 0 Å². The minimum Gasteiger partial charge on any atom is -0.548 e. The smallest absolute Gasteiger partial charge is 0.255 e. The normalized spacial score (nSPS) is 19.5. The van der Waals surface area contributed by atoms with E-state index in [0.717, 1.165) is 5.56 Å². The Morgan fingerprint density at radius 2 is 1.68 bits per heavy atom. The lowest BCUT2D eigenvalue weighted by atomic mass is 9.86. The van der Waals surface area contributed by atoms with E-state index < -0.39 is 12.0 Å². The predicted octanol–water partition coefficient (Wildman–Crippen LogP) is 3.00. The summed E-state index contributed by atoms with van der Waals surface area (Å²) in [5.74, 6) is -0.622. The maximum atomic E-state index is 13.2. The van der Waals surface area contributed by atoms with Crippen LogP contribution in [0, 0.1) is 0 Å². The van der Waals surface area contributed by atoms with E-state index in [1.807, 2.05) is 24.3 Å². The summed E-state index contributed by atoms with van der Waals surface area (Å²) in [4.78, 5) is 26.2. The lowest BCUT2D eigenvalue weighted by Gasteiger charge is -2.30. The van der Waals surface area contributed by atoms with Gasteiger partial charge in [0.2, 0.25) is 0 Å². The van der Waals surface area contributed by atoms with Gasteiger partial charge in [0.15, 0.2) is 0 Å². The van der Waals surface area contributed by atoms with Crippen LogP contribution in [0.25, 0.3) is 0 Å². The highest BCUT2D eigenvalue weighted by Crippen LogP contribution is 2.42. The molecule has 1 heterocycles. The molecule has 1 amide bonds. The fourth-order valence-electron chi connectivity index (χ4n) is 3.22. The van der Waals surface area contributed by atoms with Gasteiger partial charge < -0.3 is 19.5 Å². The first-order valence-corrected chi connectivity index (χ1v) is 10.2. The Labute approximate surface area is 169 Å². The minimum absolute atomic E-state index is 0.0213. The summed E-state index contributed by atoms with van der Waals surface area (Å²) >= 11 is 1.44. The molecule has 2 aromatic rings. The van der Waals surface area contributed by atoms with E-state index >= 15 is 0 Å². The number of rotatable bonds is 4. The number of aliphatic carboxylic acids is 1. The number of hydrogen-bond acceptors (Lipinski definition) is 5. The molecule has 1 aliphatic heterocycles. The van der Waals surface area contributed by atoms with E-state index in [2.05, 4.69) is 20.8 Å². The minimum atomic E-state index is -1.23. The number of amides is 1. The van der Waals surface area contributed by atoms with Crippen molar-refractivity contribution in [2.75, 3.05) is 12.9 Å². The molecule has 1 fully saturated rings. The Kier molecular flexibility index (Phi) is 5.70. The van der Waals surface area contributed by atoms with Crippen molar-refractivity contribution in [3.05, 3.63) is 65.2 Å². The molecule has 5 nitrogen and oxygen atoms in total. The number of benzene rings is 2. The Balaban J connectivity index is 1.93. The Morgan fingerprint density at radius 3 is 2.18 bits per heavy atom. The highest BCUT2D eigenvalue weighted by Gasteiger charge is 2.39. The highest BCUT2D eigenvalue weighted by molar-refractivity contribution is 7.99. The van der Waals surface area contributed by atoms with Gasteiger partial charge in [0.1, 0.15) is 11.1 Å². The Bertz CT molecular complexity index is 856. The molecule has 3 rings (SSSR count). The van der Waals surface area contributed by atoms with Crippen LogP contribution < -0.4 is 9.84 Å². The number of hydrogen-bond donors (Lipinski definition) is 0. The van der Waals surface area contributed by atoms with Crippen molar-refractivity contribution in [1.29, 1.82) is 0 Å². The number of carboxylic acid groups (broad SMARTS) is 1. The molecule has 6 heteroatoms. The van der Waals surface area contributed by atoms with E-state index in [0.29, 0.717) is 17.1 Å². The fraction of sp³-hybridized carbons (Fsp3) is 0.364. The average Bonchev–Trinajstić information content (AvgIpc) is 3.12. The summed E-state index contributed by atoms with van der Waals surface area (Å²) in [7, 11) is 1.55. The summed E-state index contributed by atoms with van der Waals surface area (Å²) in [6.45, 7) is 6.41. The molecule has 2 aromatic carbocycles. The van der Waals surface area contributed by atoms with Crippen molar-refractivity contribution in [2.24, 2.45) is 0 Å². The zero-order valence-corrected chi connectivity index (χ0v) is 17.3. The number of carbonyl (C=O) groups excluding carboxylic acids is 2.